The van der Waals surface area contributed by atoms with Crippen molar-refractivity contribution in [1.29, 1.82) is 0 Å². The van der Waals surface area contributed by atoms with Gasteiger partial charge >= 0.3 is 11.9 Å². The lowest BCUT2D eigenvalue weighted by molar-refractivity contribution is -0.153. The number of unbranched alkanes of at least 4 members (excludes halogenated alkanes) is 12. The number of carboxylic acid groups (broad SMARTS) is 1. The Balaban J connectivity index is 3.86. The van der Waals surface area contributed by atoms with Crippen LogP contribution in [0.4, 0.5) is 0 Å². The fourth-order valence-electron chi connectivity index (χ4n) is 4.87. The van der Waals surface area contributed by atoms with Crippen LogP contribution in [0.5, 0.6) is 0 Å². The molecule has 0 aliphatic heterocycles. The van der Waals surface area contributed by atoms with Crippen LogP contribution in [0.3, 0.4) is 0 Å². The van der Waals surface area contributed by atoms with Gasteiger partial charge in [-0.1, -0.05) is 164 Å². The van der Waals surface area contributed by atoms with Gasteiger partial charge in [-0.05, 0) is 57.8 Å². The molecule has 0 radical (unpaired) electrons. The first-order valence-electron chi connectivity index (χ1n) is 17.9. The first-order chi connectivity index (χ1) is 21.6. The third-order valence-corrected chi connectivity index (χ3v) is 7.44. The highest BCUT2D eigenvalue weighted by atomic mass is 16.5. The monoisotopic (exact) mass is 610 g/mol. The lowest BCUT2D eigenvalue weighted by Crippen LogP contribution is -2.21. The molecule has 4 nitrogen and oxygen atoms in total. The molecule has 0 aliphatic rings. The van der Waals surface area contributed by atoms with E-state index >= 15 is 0 Å². The summed E-state index contributed by atoms with van der Waals surface area (Å²) in [5, 5.41) is 9.23. The molecule has 0 amide bonds. The van der Waals surface area contributed by atoms with Crippen molar-refractivity contribution >= 4 is 11.9 Å². The van der Waals surface area contributed by atoms with Crippen LogP contribution in [-0.4, -0.2) is 23.1 Å². The fraction of sp³-hybridized carbons (Fsp3) is 0.650. The zero-order valence-corrected chi connectivity index (χ0v) is 28.4. The summed E-state index contributed by atoms with van der Waals surface area (Å²) in [5.41, 5.74) is 0. The van der Waals surface area contributed by atoms with Crippen LogP contribution in [0, 0.1) is 0 Å². The molecule has 0 aromatic heterocycles. The Morgan fingerprint density at radius 1 is 0.545 bits per heavy atom. The number of hydrogen-bond donors (Lipinski definition) is 1. The molecule has 44 heavy (non-hydrogen) atoms. The van der Waals surface area contributed by atoms with E-state index in [0.717, 1.165) is 51.4 Å². The Kier molecular flexibility index (Phi) is 32.8. The SMILES string of the molecule is CC/C=C\C/C=C\C/C=C\C/C=C\C/C=C\C/C=C\CCC(=O)OC(CCCCCCCCCCCCCCC)CC(=O)O. The number of aliphatic carboxylic acids is 1. The second kappa shape index (κ2) is 34.9. The lowest BCUT2D eigenvalue weighted by Gasteiger charge is -2.16. The van der Waals surface area contributed by atoms with Gasteiger partial charge < -0.3 is 9.84 Å². The van der Waals surface area contributed by atoms with E-state index in [2.05, 4.69) is 80.7 Å². The number of carbonyl (C=O) groups is 2. The average molecular weight is 611 g/mol. The van der Waals surface area contributed by atoms with Gasteiger partial charge in [-0.25, -0.2) is 0 Å². The molecule has 1 N–H and O–H groups in total. The molecule has 0 fully saturated rings. The number of esters is 1. The van der Waals surface area contributed by atoms with E-state index < -0.39 is 12.1 Å². The number of ether oxygens (including phenoxy) is 1. The van der Waals surface area contributed by atoms with Crippen LogP contribution >= 0.6 is 0 Å². The molecule has 0 aromatic carbocycles. The van der Waals surface area contributed by atoms with E-state index in [0.29, 0.717) is 12.8 Å². The second-order valence-electron chi connectivity index (χ2n) is 11.7. The number of hydrogen-bond acceptors (Lipinski definition) is 3. The van der Waals surface area contributed by atoms with Crippen molar-refractivity contribution in [3.8, 4) is 0 Å². The number of carboxylic acids is 1. The van der Waals surface area contributed by atoms with Gasteiger partial charge in [-0.15, -0.1) is 0 Å². The van der Waals surface area contributed by atoms with Crippen molar-refractivity contribution < 1.29 is 19.4 Å². The molecule has 0 saturated heterocycles. The number of carbonyl (C=O) groups excluding carboxylic acids is 1. The summed E-state index contributed by atoms with van der Waals surface area (Å²) in [7, 11) is 0. The van der Waals surface area contributed by atoms with Gasteiger partial charge in [-0.3, -0.25) is 9.59 Å². The molecule has 1 atom stereocenters. The maximum Gasteiger partial charge on any atom is 0.307 e. The maximum absolute atomic E-state index is 12.3. The quantitative estimate of drug-likeness (QED) is 0.0482. The van der Waals surface area contributed by atoms with Crippen molar-refractivity contribution in [2.75, 3.05) is 0 Å². The van der Waals surface area contributed by atoms with E-state index in [-0.39, 0.29) is 18.8 Å². The van der Waals surface area contributed by atoms with Gasteiger partial charge in [0.15, 0.2) is 0 Å². The summed E-state index contributed by atoms with van der Waals surface area (Å²) < 4.78 is 5.52. The zero-order chi connectivity index (χ0) is 32.2. The van der Waals surface area contributed by atoms with Crippen LogP contribution in [-0.2, 0) is 14.3 Å². The minimum atomic E-state index is -0.908. The predicted octanol–water partition coefficient (Wildman–Crippen LogP) is 12.3. The molecule has 0 spiro atoms. The Labute approximate surface area is 271 Å². The summed E-state index contributed by atoms with van der Waals surface area (Å²) >= 11 is 0. The molecule has 0 aliphatic carbocycles. The first kappa shape index (κ1) is 41.4. The van der Waals surface area contributed by atoms with E-state index in [1.165, 1.54) is 70.6 Å². The summed E-state index contributed by atoms with van der Waals surface area (Å²) in [4.78, 5) is 23.5. The molecular weight excluding hydrogens is 544 g/mol. The van der Waals surface area contributed by atoms with Crippen LogP contribution in [0.15, 0.2) is 72.9 Å². The van der Waals surface area contributed by atoms with Crippen LogP contribution in [0.25, 0.3) is 0 Å². The van der Waals surface area contributed by atoms with E-state index in [9.17, 15) is 14.7 Å². The highest BCUT2D eigenvalue weighted by Gasteiger charge is 2.17. The van der Waals surface area contributed by atoms with Crippen LogP contribution < -0.4 is 0 Å². The molecular formula is C40H66O4. The molecule has 0 rings (SSSR count). The van der Waals surface area contributed by atoms with Gasteiger partial charge in [0, 0.05) is 6.42 Å². The molecule has 0 aromatic rings. The Morgan fingerprint density at radius 3 is 1.34 bits per heavy atom. The van der Waals surface area contributed by atoms with Crippen molar-refractivity contribution in [2.45, 2.75) is 168 Å². The normalized spacial score (nSPS) is 13.1. The van der Waals surface area contributed by atoms with E-state index in [1.54, 1.807) is 0 Å². The number of allylic oxidation sites excluding steroid dienone is 12. The molecule has 0 saturated carbocycles. The van der Waals surface area contributed by atoms with Crippen molar-refractivity contribution in [2.24, 2.45) is 0 Å². The molecule has 250 valence electrons. The number of rotatable bonds is 31. The lowest BCUT2D eigenvalue weighted by atomic mass is 10.0. The summed E-state index contributed by atoms with van der Waals surface area (Å²) in [6.07, 6.45) is 49.2. The van der Waals surface area contributed by atoms with Gasteiger partial charge in [0.25, 0.3) is 0 Å². The van der Waals surface area contributed by atoms with Crippen LogP contribution in [0.1, 0.15) is 162 Å². The molecule has 0 bridgehead atoms. The summed E-state index contributed by atoms with van der Waals surface area (Å²) in [5.74, 6) is -1.21. The average Bonchev–Trinajstić information content (AvgIpc) is 3.00. The smallest absolute Gasteiger partial charge is 0.307 e. The standard InChI is InChI=1S/C40H66O4/c1-3-5-7-9-11-13-15-17-18-19-20-21-22-24-26-28-30-32-34-36-40(43)44-38(37-39(41)42)35-33-31-29-27-25-23-16-14-12-10-8-6-4-2/h5,7,11,13,17-18,20-21,24,26,30,32,38H,3-4,6,8-10,12,14-16,19,22-23,25,27-29,31,33-37H2,1-2H3,(H,41,42)/b7-5-,13-11-,18-17-,21-20-,26-24-,32-30-. The fourth-order valence-corrected chi connectivity index (χ4v) is 4.87. The van der Waals surface area contributed by atoms with Gasteiger partial charge in [0.05, 0.1) is 6.42 Å². The molecule has 4 heteroatoms. The second-order valence-corrected chi connectivity index (χ2v) is 11.7. The van der Waals surface area contributed by atoms with E-state index in [4.69, 9.17) is 4.74 Å². The highest BCUT2D eigenvalue weighted by Crippen LogP contribution is 2.16. The molecule has 0 heterocycles. The third kappa shape index (κ3) is 33.9. The summed E-state index contributed by atoms with van der Waals surface area (Å²) in [6, 6.07) is 0. The first-order valence-corrected chi connectivity index (χ1v) is 17.9. The van der Waals surface area contributed by atoms with E-state index in [1.807, 2.05) is 6.08 Å². The third-order valence-electron chi connectivity index (χ3n) is 7.44. The Hall–Kier alpha value is -2.62. The molecule has 1 unspecified atom stereocenters. The van der Waals surface area contributed by atoms with Crippen molar-refractivity contribution in [3.63, 3.8) is 0 Å². The summed E-state index contributed by atoms with van der Waals surface area (Å²) in [6.45, 7) is 4.41. The van der Waals surface area contributed by atoms with Crippen LogP contribution in [0.2, 0.25) is 0 Å². The Morgan fingerprint density at radius 2 is 0.932 bits per heavy atom. The zero-order valence-electron chi connectivity index (χ0n) is 28.4. The maximum atomic E-state index is 12.3. The topological polar surface area (TPSA) is 63.6 Å². The largest absolute Gasteiger partial charge is 0.481 e. The minimum absolute atomic E-state index is 0.107. The van der Waals surface area contributed by atoms with Gasteiger partial charge in [0.1, 0.15) is 6.10 Å². The van der Waals surface area contributed by atoms with Gasteiger partial charge in [-0.2, -0.15) is 0 Å². The van der Waals surface area contributed by atoms with Crippen molar-refractivity contribution in [3.05, 3.63) is 72.9 Å². The van der Waals surface area contributed by atoms with Gasteiger partial charge in [0.2, 0.25) is 0 Å². The highest BCUT2D eigenvalue weighted by molar-refractivity contribution is 5.71. The minimum Gasteiger partial charge on any atom is -0.481 e. The van der Waals surface area contributed by atoms with Crippen molar-refractivity contribution in [1.82, 2.24) is 0 Å². The Bertz CT molecular complexity index is 830. The predicted molar refractivity (Wildman–Crippen MR) is 190 cm³/mol.